The molecule has 1 atom stereocenters. The minimum absolute atomic E-state index is 0.0768. The van der Waals surface area contributed by atoms with Gasteiger partial charge in [0.2, 0.25) is 0 Å². The Hall–Kier alpha value is -2.84. The summed E-state index contributed by atoms with van der Waals surface area (Å²) < 4.78 is 18.4. The number of anilines is 1. The first-order chi connectivity index (χ1) is 19.0. The molecule has 7 nitrogen and oxygen atoms in total. The SMILES string of the molecule is CCCCCCCCNC(=O)N1CCC(Nc2ccc(CCNC[C@H](O)COc3ccc(F)cc3)cc2)CC1. The van der Waals surface area contributed by atoms with Gasteiger partial charge in [0, 0.05) is 37.9 Å². The molecule has 0 bridgehead atoms. The van der Waals surface area contributed by atoms with Crippen LogP contribution in [-0.2, 0) is 6.42 Å². The molecule has 2 amide bonds. The lowest BCUT2D eigenvalue weighted by molar-refractivity contribution is 0.106. The van der Waals surface area contributed by atoms with E-state index in [0.717, 1.165) is 57.5 Å². The largest absolute Gasteiger partial charge is 0.491 e. The third kappa shape index (κ3) is 12.3. The normalized spacial score (nSPS) is 14.7. The van der Waals surface area contributed by atoms with E-state index in [1.54, 1.807) is 12.1 Å². The zero-order valence-corrected chi connectivity index (χ0v) is 23.5. The number of aliphatic hydroxyl groups excluding tert-OH is 1. The number of ether oxygens (including phenoxy) is 1. The Labute approximate surface area is 233 Å². The van der Waals surface area contributed by atoms with Crippen LogP contribution in [0.5, 0.6) is 5.75 Å². The lowest BCUT2D eigenvalue weighted by Gasteiger charge is -2.33. The molecule has 1 saturated heterocycles. The van der Waals surface area contributed by atoms with Crippen molar-refractivity contribution in [2.75, 3.05) is 44.6 Å². The number of carbonyl (C=O) groups excluding carboxylic acids is 1. The number of aliphatic hydroxyl groups is 1. The summed E-state index contributed by atoms with van der Waals surface area (Å²) in [7, 11) is 0. The van der Waals surface area contributed by atoms with Gasteiger partial charge in [0.05, 0.1) is 0 Å². The highest BCUT2D eigenvalue weighted by molar-refractivity contribution is 5.74. The molecule has 39 heavy (non-hydrogen) atoms. The molecule has 4 N–H and O–H groups in total. The van der Waals surface area contributed by atoms with Crippen LogP contribution in [0.25, 0.3) is 0 Å². The van der Waals surface area contributed by atoms with Crippen LogP contribution in [0, 0.1) is 5.82 Å². The van der Waals surface area contributed by atoms with E-state index in [0.29, 0.717) is 18.3 Å². The third-order valence-electron chi connectivity index (χ3n) is 7.14. The highest BCUT2D eigenvalue weighted by Gasteiger charge is 2.22. The second-order valence-electron chi connectivity index (χ2n) is 10.5. The molecule has 1 aliphatic heterocycles. The molecular formula is C31H47FN4O3. The minimum atomic E-state index is -0.639. The fourth-order valence-corrected chi connectivity index (χ4v) is 4.73. The predicted molar refractivity (Wildman–Crippen MR) is 156 cm³/mol. The summed E-state index contributed by atoms with van der Waals surface area (Å²) in [4.78, 5) is 14.4. The number of hydrogen-bond donors (Lipinski definition) is 4. The van der Waals surface area contributed by atoms with Crippen molar-refractivity contribution in [2.24, 2.45) is 0 Å². The summed E-state index contributed by atoms with van der Waals surface area (Å²) in [5.74, 6) is 0.229. The Bertz CT molecular complexity index is 934. The first kappa shape index (κ1) is 30.7. The molecule has 2 aromatic rings. The number of hydrogen-bond acceptors (Lipinski definition) is 5. The van der Waals surface area contributed by atoms with Gasteiger partial charge in [-0.1, -0.05) is 51.2 Å². The maximum absolute atomic E-state index is 12.9. The summed E-state index contributed by atoms with van der Waals surface area (Å²) in [6.07, 6.45) is 9.51. The average molecular weight is 543 g/mol. The maximum atomic E-state index is 12.9. The van der Waals surface area contributed by atoms with E-state index in [1.807, 2.05) is 4.90 Å². The molecule has 0 unspecified atom stereocenters. The van der Waals surface area contributed by atoms with Gasteiger partial charge in [-0.15, -0.1) is 0 Å². The molecule has 1 aliphatic rings. The fourth-order valence-electron chi connectivity index (χ4n) is 4.73. The number of nitrogens with zero attached hydrogens (tertiary/aromatic N) is 1. The van der Waals surface area contributed by atoms with Crippen LogP contribution in [0.4, 0.5) is 14.9 Å². The Morgan fingerprint density at radius 1 is 1.00 bits per heavy atom. The number of rotatable bonds is 17. The van der Waals surface area contributed by atoms with E-state index in [-0.39, 0.29) is 18.5 Å². The lowest BCUT2D eigenvalue weighted by atomic mass is 10.0. The smallest absolute Gasteiger partial charge is 0.317 e. The molecule has 8 heteroatoms. The van der Waals surface area contributed by atoms with Gasteiger partial charge >= 0.3 is 6.03 Å². The molecule has 2 aromatic carbocycles. The quantitative estimate of drug-likeness (QED) is 0.203. The second-order valence-corrected chi connectivity index (χ2v) is 10.5. The summed E-state index contributed by atoms with van der Waals surface area (Å²) >= 11 is 0. The van der Waals surface area contributed by atoms with E-state index < -0.39 is 6.10 Å². The van der Waals surface area contributed by atoms with Gasteiger partial charge in [0.25, 0.3) is 0 Å². The zero-order valence-electron chi connectivity index (χ0n) is 23.5. The molecule has 1 heterocycles. The van der Waals surface area contributed by atoms with E-state index in [4.69, 9.17) is 4.74 Å². The van der Waals surface area contributed by atoms with Crippen molar-refractivity contribution >= 4 is 11.7 Å². The molecule has 1 fully saturated rings. The predicted octanol–water partition coefficient (Wildman–Crippen LogP) is 5.34. The molecule has 216 valence electrons. The van der Waals surface area contributed by atoms with Crippen LogP contribution in [0.2, 0.25) is 0 Å². The van der Waals surface area contributed by atoms with Crippen molar-refractivity contribution in [3.63, 3.8) is 0 Å². The molecule has 3 rings (SSSR count). The highest BCUT2D eigenvalue weighted by atomic mass is 19.1. The van der Waals surface area contributed by atoms with Crippen molar-refractivity contribution in [1.82, 2.24) is 15.5 Å². The van der Waals surface area contributed by atoms with Crippen molar-refractivity contribution < 1.29 is 19.0 Å². The van der Waals surface area contributed by atoms with E-state index >= 15 is 0 Å². The second kappa shape index (κ2) is 17.7. The van der Waals surface area contributed by atoms with Crippen molar-refractivity contribution in [2.45, 2.75) is 76.9 Å². The standard InChI is InChI=1S/C31H47FN4O3/c1-2-3-4-5-6-7-19-34-31(38)36-21-17-28(18-22-36)35-27-12-8-25(9-13-27)16-20-33-23-29(37)24-39-30-14-10-26(32)11-15-30/h8-15,28-29,33,35,37H,2-7,16-24H2,1H3,(H,34,38)/t29-/m0/s1. The molecule has 0 radical (unpaired) electrons. The Kier molecular flexibility index (Phi) is 13.9. The summed E-state index contributed by atoms with van der Waals surface area (Å²) in [5.41, 5.74) is 2.33. The number of unbranched alkanes of at least 4 members (excludes halogenated alkanes) is 5. The monoisotopic (exact) mass is 542 g/mol. The fraction of sp³-hybridized carbons (Fsp3) is 0.581. The third-order valence-corrected chi connectivity index (χ3v) is 7.14. The van der Waals surface area contributed by atoms with Crippen molar-refractivity contribution in [3.05, 3.63) is 59.9 Å². The van der Waals surface area contributed by atoms with Crippen molar-refractivity contribution in [1.29, 1.82) is 0 Å². The van der Waals surface area contributed by atoms with E-state index in [2.05, 4.69) is 47.1 Å². The number of amides is 2. The zero-order chi connectivity index (χ0) is 27.7. The maximum Gasteiger partial charge on any atom is 0.317 e. The van der Waals surface area contributed by atoms with Crippen LogP contribution in [0.1, 0.15) is 63.9 Å². The van der Waals surface area contributed by atoms with Crippen LogP contribution >= 0.6 is 0 Å². The number of halogens is 1. The summed E-state index contributed by atoms with van der Waals surface area (Å²) in [6, 6.07) is 14.7. The van der Waals surface area contributed by atoms with Crippen LogP contribution in [0.15, 0.2) is 48.5 Å². The Morgan fingerprint density at radius 3 is 2.41 bits per heavy atom. The Balaban J connectivity index is 1.23. The average Bonchev–Trinajstić information content (AvgIpc) is 2.95. The highest BCUT2D eigenvalue weighted by Crippen LogP contribution is 2.18. The van der Waals surface area contributed by atoms with Gasteiger partial charge < -0.3 is 30.7 Å². The van der Waals surface area contributed by atoms with Gasteiger partial charge in [-0.05, 0) is 74.2 Å². The van der Waals surface area contributed by atoms with Crippen LogP contribution in [0.3, 0.4) is 0 Å². The van der Waals surface area contributed by atoms with E-state index in [9.17, 15) is 14.3 Å². The lowest BCUT2D eigenvalue weighted by Crippen LogP contribution is -2.47. The van der Waals surface area contributed by atoms with Crippen molar-refractivity contribution in [3.8, 4) is 5.75 Å². The summed E-state index contributed by atoms with van der Waals surface area (Å²) in [5, 5.41) is 20.0. The summed E-state index contributed by atoms with van der Waals surface area (Å²) in [6.45, 7) is 5.90. The molecule has 0 aliphatic carbocycles. The molecule has 0 aromatic heterocycles. The van der Waals surface area contributed by atoms with Gasteiger partial charge in [0.15, 0.2) is 0 Å². The minimum Gasteiger partial charge on any atom is -0.491 e. The first-order valence-electron chi connectivity index (χ1n) is 14.7. The number of urea groups is 1. The number of likely N-dealkylation sites (tertiary alicyclic amines) is 1. The van der Waals surface area contributed by atoms with Gasteiger partial charge in [-0.3, -0.25) is 0 Å². The number of piperidine rings is 1. The van der Waals surface area contributed by atoms with Gasteiger partial charge in [-0.2, -0.15) is 0 Å². The molecule has 0 spiro atoms. The van der Waals surface area contributed by atoms with Crippen LogP contribution in [-0.4, -0.2) is 67.5 Å². The first-order valence-corrected chi connectivity index (χ1v) is 14.7. The number of benzene rings is 2. The number of carbonyl (C=O) groups is 1. The molecular weight excluding hydrogens is 495 g/mol. The van der Waals surface area contributed by atoms with Gasteiger partial charge in [-0.25, -0.2) is 9.18 Å². The van der Waals surface area contributed by atoms with E-state index in [1.165, 1.54) is 49.8 Å². The molecule has 0 saturated carbocycles. The number of nitrogens with one attached hydrogen (secondary N) is 3. The topological polar surface area (TPSA) is 85.9 Å². The van der Waals surface area contributed by atoms with Crippen LogP contribution < -0.4 is 20.7 Å². The Morgan fingerprint density at radius 2 is 1.69 bits per heavy atom. The van der Waals surface area contributed by atoms with Gasteiger partial charge in [0.1, 0.15) is 24.3 Å².